The summed E-state index contributed by atoms with van der Waals surface area (Å²) in [5.41, 5.74) is 10.9. The van der Waals surface area contributed by atoms with Crippen molar-refractivity contribution in [3.8, 4) is 22.4 Å². The van der Waals surface area contributed by atoms with Gasteiger partial charge in [-0.3, -0.25) is 18.9 Å². The second kappa shape index (κ2) is 11.6. The SMILES string of the molecule is CCS(=O)(=O)Nc1ccc(-c2nn(C)c3c(-c4cnn(CCCCCCC(=O)OC)c4)cnc(N)c23)cc1. The highest BCUT2D eigenvalue weighted by Crippen LogP contribution is 2.36. The average molecular weight is 540 g/mol. The van der Waals surface area contributed by atoms with Gasteiger partial charge in [-0.25, -0.2) is 13.4 Å². The molecule has 202 valence electrons. The van der Waals surface area contributed by atoms with E-state index in [1.54, 1.807) is 29.9 Å². The molecule has 0 aliphatic heterocycles. The van der Waals surface area contributed by atoms with Crippen LogP contribution in [0.15, 0.2) is 42.9 Å². The standard InChI is InChI=1S/C26H33N7O4S/c1-4-38(35,36)31-20-12-10-18(11-13-20)24-23-25(32(2)30-24)21(16-28-26(23)27)19-15-29-33(17-19)14-8-6-5-7-9-22(34)37-3/h10-13,15-17,31H,4-9,14H2,1-3H3,(H2,27,28). The first-order chi connectivity index (χ1) is 18.2. The van der Waals surface area contributed by atoms with Crippen LogP contribution < -0.4 is 10.5 Å². The molecule has 0 fully saturated rings. The Morgan fingerprint density at radius 2 is 1.82 bits per heavy atom. The summed E-state index contributed by atoms with van der Waals surface area (Å²) in [6.45, 7) is 2.36. The van der Waals surface area contributed by atoms with Crippen molar-refractivity contribution in [2.45, 2.75) is 45.6 Å². The van der Waals surface area contributed by atoms with Crippen LogP contribution in [0.5, 0.6) is 0 Å². The highest BCUT2D eigenvalue weighted by Gasteiger charge is 2.19. The van der Waals surface area contributed by atoms with Gasteiger partial charge in [0.2, 0.25) is 10.0 Å². The van der Waals surface area contributed by atoms with Crippen LogP contribution in [0.1, 0.15) is 39.0 Å². The molecule has 3 aromatic heterocycles. The Kier molecular flexibility index (Phi) is 8.30. The number of methoxy groups -OCH3 is 1. The summed E-state index contributed by atoms with van der Waals surface area (Å²) in [7, 11) is -0.0918. The minimum Gasteiger partial charge on any atom is -0.469 e. The number of esters is 1. The molecule has 11 nitrogen and oxygen atoms in total. The zero-order chi connectivity index (χ0) is 27.3. The van der Waals surface area contributed by atoms with E-state index in [9.17, 15) is 13.2 Å². The number of sulfonamides is 1. The van der Waals surface area contributed by atoms with Crippen LogP contribution in [0.2, 0.25) is 0 Å². The molecule has 4 rings (SSSR count). The number of nitrogens with zero attached hydrogens (tertiary/aromatic N) is 5. The molecule has 4 aromatic rings. The van der Waals surface area contributed by atoms with Gasteiger partial charge >= 0.3 is 5.97 Å². The molecule has 3 N–H and O–H groups in total. The summed E-state index contributed by atoms with van der Waals surface area (Å²) in [5.74, 6) is 0.194. The third-order valence-electron chi connectivity index (χ3n) is 6.39. The quantitative estimate of drug-likeness (QED) is 0.203. The monoisotopic (exact) mass is 539 g/mol. The van der Waals surface area contributed by atoms with Gasteiger partial charge in [-0.05, 0) is 31.9 Å². The van der Waals surface area contributed by atoms with Crippen LogP contribution in [0.3, 0.4) is 0 Å². The van der Waals surface area contributed by atoms with E-state index in [-0.39, 0.29) is 11.7 Å². The van der Waals surface area contributed by atoms with Crippen LogP contribution in [0, 0.1) is 0 Å². The largest absolute Gasteiger partial charge is 0.469 e. The molecule has 0 aliphatic rings. The predicted molar refractivity (Wildman–Crippen MR) is 148 cm³/mol. The Bertz CT molecular complexity index is 1530. The Labute approximate surface area is 222 Å². The van der Waals surface area contributed by atoms with Gasteiger partial charge in [0.25, 0.3) is 0 Å². The third-order valence-corrected chi connectivity index (χ3v) is 7.70. The number of unbranched alkanes of at least 4 members (excludes halogenated alkanes) is 3. The molecule has 0 saturated heterocycles. The van der Waals surface area contributed by atoms with E-state index >= 15 is 0 Å². The first-order valence-electron chi connectivity index (χ1n) is 12.5. The fourth-order valence-corrected chi connectivity index (χ4v) is 4.96. The van der Waals surface area contributed by atoms with Gasteiger partial charge in [0.05, 0.1) is 30.0 Å². The molecule has 3 heterocycles. The van der Waals surface area contributed by atoms with Gasteiger partial charge in [-0.2, -0.15) is 10.2 Å². The Hall–Kier alpha value is -3.93. The highest BCUT2D eigenvalue weighted by atomic mass is 32.2. The number of rotatable bonds is 12. The van der Waals surface area contributed by atoms with Crippen LogP contribution >= 0.6 is 0 Å². The second-order valence-electron chi connectivity index (χ2n) is 9.07. The molecule has 0 aliphatic carbocycles. The van der Waals surface area contributed by atoms with Crippen molar-refractivity contribution in [1.29, 1.82) is 0 Å². The number of benzene rings is 1. The van der Waals surface area contributed by atoms with E-state index in [2.05, 4.69) is 19.5 Å². The number of nitrogens with one attached hydrogen (secondary N) is 1. The Morgan fingerprint density at radius 3 is 2.53 bits per heavy atom. The van der Waals surface area contributed by atoms with Gasteiger partial charge in [-0.15, -0.1) is 0 Å². The molecule has 12 heteroatoms. The van der Waals surface area contributed by atoms with E-state index in [4.69, 9.17) is 10.8 Å². The van der Waals surface area contributed by atoms with Crippen molar-refractivity contribution >= 4 is 38.4 Å². The number of carbonyl (C=O) groups excluding carboxylic acids is 1. The topological polar surface area (TPSA) is 147 Å². The number of pyridine rings is 1. The average Bonchev–Trinajstić information content (AvgIpc) is 3.52. The van der Waals surface area contributed by atoms with Gasteiger partial charge in [0.1, 0.15) is 11.5 Å². The number of nitrogen functional groups attached to an aromatic ring is 1. The van der Waals surface area contributed by atoms with E-state index in [1.165, 1.54) is 7.11 Å². The summed E-state index contributed by atoms with van der Waals surface area (Å²) in [4.78, 5) is 15.7. The van der Waals surface area contributed by atoms with Crippen molar-refractivity contribution in [3.63, 3.8) is 0 Å². The summed E-state index contributed by atoms with van der Waals surface area (Å²) >= 11 is 0. The lowest BCUT2D eigenvalue weighted by Gasteiger charge is -2.07. The van der Waals surface area contributed by atoms with E-state index in [0.717, 1.165) is 59.8 Å². The number of aromatic nitrogens is 5. The zero-order valence-electron chi connectivity index (χ0n) is 21.8. The number of hydrogen-bond acceptors (Lipinski definition) is 8. The number of ether oxygens (including phenoxy) is 1. The molecular formula is C26H33N7O4S. The van der Waals surface area contributed by atoms with Gasteiger partial charge in [0, 0.05) is 54.8 Å². The summed E-state index contributed by atoms with van der Waals surface area (Å²) in [6, 6.07) is 7.03. The minimum absolute atomic E-state index is 0.00175. The molecule has 0 amide bonds. The molecule has 0 saturated carbocycles. The van der Waals surface area contributed by atoms with Crippen molar-refractivity contribution in [3.05, 3.63) is 42.9 Å². The molecule has 0 bridgehead atoms. The first kappa shape index (κ1) is 27.1. The number of hydrogen-bond donors (Lipinski definition) is 2. The van der Waals surface area contributed by atoms with Crippen LogP contribution in [0.25, 0.3) is 33.3 Å². The summed E-state index contributed by atoms with van der Waals surface area (Å²) in [5, 5.41) is 9.98. The minimum atomic E-state index is -3.36. The van der Waals surface area contributed by atoms with Crippen molar-refractivity contribution < 1.29 is 17.9 Å². The van der Waals surface area contributed by atoms with Crippen LogP contribution in [-0.4, -0.2) is 51.8 Å². The first-order valence-corrected chi connectivity index (χ1v) is 14.2. The third kappa shape index (κ3) is 6.13. The molecule has 0 spiro atoms. The Balaban J connectivity index is 1.53. The zero-order valence-corrected chi connectivity index (χ0v) is 22.7. The lowest BCUT2D eigenvalue weighted by Crippen LogP contribution is -2.14. The van der Waals surface area contributed by atoms with Crippen molar-refractivity contribution in [2.24, 2.45) is 7.05 Å². The smallest absolute Gasteiger partial charge is 0.305 e. The number of nitrogens with two attached hydrogens (primary N) is 1. The molecular weight excluding hydrogens is 506 g/mol. The summed E-state index contributed by atoms with van der Waals surface area (Å²) in [6.07, 6.45) is 9.74. The molecule has 1 aromatic carbocycles. The molecule has 0 unspecified atom stereocenters. The maximum atomic E-state index is 11.9. The van der Waals surface area contributed by atoms with Crippen LogP contribution in [-0.2, 0) is 33.1 Å². The lowest BCUT2D eigenvalue weighted by molar-refractivity contribution is -0.140. The summed E-state index contributed by atoms with van der Waals surface area (Å²) < 4.78 is 34.7. The predicted octanol–water partition coefficient (Wildman–Crippen LogP) is 3.97. The normalized spacial score (nSPS) is 11.7. The van der Waals surface area contributed by atoms with Crippen molar-refractivity contribution in [2.75, 3.05) is 23.3 Å². The lowest BCUT2D eigenvalue weighted by atomic mass is 10.0. The number of aryl methyl sites for hydroxylation is 2. The highest BCUT2D eigenvalue weighted by molar-refractivity contribution is 7.92. The molecule has 0 atom stereocenters. The van der Waals surface area contributed by atoms with Gasteiger partial charge < -0.3 is 10.5 Å². The van der Waals surface area contributed by atoms with Crippen molar-refractivity contribution in [1.82, 2.24) is 24.5 Å². The fraction of sp³-hybridized carbons (Fsp3) is 0.385. The van der Waals surface area contributed by atoms with E-state index in [1.807, 2.05) is 36.3 Å². The van der Waals surface area contributed by atoms with Gasteiger partial charge in [-0.1, -0.05) is 25.0 Å². The van der Waals surface area contributed by atoms with E-state index in [0.29, 0.717) is 23.6 Å². The fourth-order valence-electron chi connectivity index (χ4n) is 4.32. The molecule has 38 heavy (non-hydrogen) atoms. The number of carbonyl (C=O) groups is 1. The maximum absolute atomic E-state index is 11.9. The second-order valence-corrected chi connectivity index (χ2v) is 11.1. The Morgan fingerprint density at radius 1 is 1.08 bits per heavy atom. The number of anilines is 2. The van der Waals surface area contributed by atoms with Gasteiger partial charge in [0.15, 0.2) is 0 Å². The molecule has 0 radical (unpaired) electrons. The van der Waals surface area contributed by atoms with E-state index < -0.39 is 10.0 Å². The van der Waals surface area contributed by atoms with Crippen LogP contribution in [0.4, 0.5) is 11.5 Å². The number of fused-ring (bicyclic) bond motifs is 1. The maximum Gasteiger partial charge on any atom is 0.305 e.